The van der Waals surface area contributed by atoms with E-state index in [0.29, 0.717) is 19.6 Å². The minimum absolute atomic E-state index is 0.0206. The van der Waals surface area contributed by atoms with E-state index < -0.39 is 5.41 Å². The Morgan fingerprint density at radius 3 is 2.64 bits per heavy atom. The van der Waals surface area contributed by atoms with E-state index in [1.165, 1.54) is 11.1 Å². The molecule has 1 saturated carbocycles. The predicted octanol–water partition coefficient (Wildman–Crippen LogP) is 4.07. The molecule has 122 valence electrons. The van der Waals surface area contributed by atoms with Crippen LogP contribution < -0.4 is 0 Å². The first-order valence-corrected chi connectivity index (χ1v) is 8.46. The van der Waals surface area contributed by atoms with Crippen LogP contribution in [0.3, 0.4) is 0 Å². The second-order valence-electron chi connectivity index (χ2n) is 6.29. The normalized spacial score (nSPS) is 24.4. The van der Waals surface area contributed by atoms with Crippen LogP contribution in [0.4, 0.5) is 0 Å². The minimum Gasteiger partial charge on any atom is -0.465 e. The number of benzene rings is 1. The topological polar surface area (TPSA) is 35.5 Å². The van der Waals surface area contributed by atoms with Crippen LogP contribution in [0.1, 0.15) is 50.7 Å². The Labute approximate surface area is 134 Å². The van der Waals surface area contributed by atoms with E-state index in [9.17, 15) is 4.79 Å². The van der Waals surface area contributed by atoms with Crippen molar-refractivity contribution < 1.29 is 14.3 Å². The molecule has 1 fully saturated rings. The molecule has 1 aromatic carbocycles. The van der Waals surface area contributed by atoms with Gasteiger partial charge in [0, 0.05) is 6.61 Å². The lowest BCUT2D eigenvalue weighted by atomic mass is 9.78. The SMILES string of the molecule is CCCOC1CCCC1(Cc1ccc(C)cc1)C(=O)OCC. The quantitative estimate of drug-likeness (QED) is 0.712. The van der Waals surface area contributed by atoms with Crippen molar-refractivity contribution >= 4 is 5.97 Å². The van der Waals surface area contributed by atoms with Crippen LogP contribution in [0, 0.1) is 12.3 Å². The Balaban J connectivity index is 2.24. The molecule has 1 aliphatic carbocycles. The molecule has 2 atom stereocenters. The molecule has 2 rings (SSSR count). The number of ether oxygens (including phenoxy) is 2. The molecule has 1 aliphatic rings. The van der Waals surface area contributed by atoms with Crippen molar-refractivity contribution in [2.24, 2.45) is 5.41 Å². The smallest absolute Gasteiger partial charge is 0.315 e. The third-order valence-corrected chi connectivity index (χ3v) is 4.55. The van der Waals surface area contributed by atoms with Crippen molar-refractivity contribution in [3.8, 4) is 0 Å². The maximum absolute atomic E-state index is 12.7. The fourth-order valence-corrected chi connectivity index (χ4v) is 3.40. The fraction of sp³-hybridized carbons (Fsp3) is 0.632. The molecule has 1 aromatic rings. The van der Waals surface area contributed by atoms with Gasteiger partial charge in [-0.3, -0.25) is 4.79 Å². The Kier molecular flexibility index (Phi) is 6.01. The molecule has 0 heterocycles. The summed E-state index contributed by atoms with van der Waals surface area (Å²) < 4.78 is 11.4. The highest BCUT2D eigenvalue weighted by Gasteiger charge is 2.50. The van der Waals surface area contributed by atoms with Gasteiger partial charge in [0.2, 0.25) is 0 Å². The number of esters is 1. The van der Waals surface area contributed by atoms with Gasteiger partial charge in [0.05, 0.1) is 18.1 Å². The largest absolute Gasteiger partial charge is 0.465 e. The van der Waals surface area contributed by atoms with Gasteiger partial charge in [0.25, 0.3) is 0 Å². The van der Waals surface area contributed by atoms with Gasteiger partial charge >= 0.3 is 5.97 Å². The van der Waals surface area contributed by atoms with E-state index in [1.54, 1.807) is 0 Å². The van der Waals surface area contributed by atoms with Crippen molar-refractivity contribution in [2.75, 3.05) is 13.2 Å². The first-order valence-electron chi connectivity index (χ1n) is 8.46. The highest BCUT2D eigenvalue weighted by Crippen LogP contribution is 2.44. The summed E-state index contributed by atoms with van der Waals surface area (Å²) in [4.78, 5) is 12.7. The molecule has 0 spiro atoms. The Morgan fingerprint density at radius 2 is 2.00 bits per heavy atom. The zero-order chi connectivity index (χ0) is 16.0. The summed E-state index contributed by atoms with van der Waals surface area (Å²) in [5.41, 5.74) is 1.91. The molecule has 2 unspecified atom stereocenters. The predicted molar refractivity (Wildman–Crippen MR) is 87.8 cm³/mol. The first-order chi connectivity index (χ1) is 10.6. The molecule has 0 aromatic heterocycles. The minimum atomic E-state index is -0.513. The molecule has 0 saturated heterocycles. The van der Waals surface area contributed by atoms with Crippen molar-refractivity contribution in [2.45, 2.75) is 59.0 Å². The maximum Gasteiger partial charge on any atom is 0.315 e. The summed E-state index contributed by atoms with van der Waals surface area (Å²) in [6.07, 6.45) is 4.49. The number of carbonyl (C=O) groups is 1. The number of hydrogen-bond acceptors (Lipinski definition) is 3. The Bertz CT molecular complexity index is 480. The molecule has 0 amide bonds. The molecule has 3 nitrogen and oxygen atoms in total. The highest BCUT2D eigenvalue weighted by molar-refractivity contribution is 5.78. The number of aryl methyl sites for hydroxylation is 1. The van der Waals surface area contributed by atoms with Crippen LogP contribution in [-0.2, 0) is 20.7 Å². The fourth-order valence-electron chi connectivity index (χ4n) is 3.40. The van der Waals surface area contributed by atoms with Crippen LogP contribution >= 0.6 is 0 Å². The van der Waals surface area contributed by atoms with Crippen LogP contribution in [0.5, 0.6) is 0 Å². The molecular weight excluding hydrogens is 276 g/mol. The second-order valence-corrected chi connectivity index (χ2v) is 6.29. The summed E-state index contributed by atoms with van der Waals surface area (Å²) in [7, 11) is 0. The molecular formula is C19H28O3. The molecule has 3 heteroatoms. The van der Waals surface area contributed by atoms with Gasteiger partial charge in [-0.25, -0.2) is 0 Å². The van der Waals surface area contributed by atoms with Crippen LogP contribution in [0.25, 0.3) is 0 Å². The van der Waals surface area contributed by atoms with Gasteiger partial charge in [0.15, 0.2) is 0 Å². The third-order valence-electron chi connectivity index (χ3n) is 4.55. The average Bonchev–Trinajstić information content (AvgIpc) is 2.91. The molecule has 0 aliphatic heterocycles. The lowest BCUT2D eigenvalue weighted by Crippen LogP contribution is -2.43. The summed E-state index contributed by atoms with van der Waals surface area (Å²) >= 11 is 0. The van der Waals surface area contributed by atoms with E-state index in [0.717, 1.165) is 25.7 Å². The van der Waals surface area contributed by atoms with Gasteiger partial charge < -0.3 is 9.47 Å². The van der Waals surface area contributed by atoms with E-state index in [-0.39, 0.29) is 12.1 Å². The summed E-state index contributed by atoms with van der Waals surface area (Å²) in [6.45, 7) is 7.18. The lowest BCUT2D eigenvalue weighted by molar-refractivity contribution is -0.164. The van der Waals surface area contributed by atoms with Crippen LogP contribution in [0.2, 0.25) is 0 Å². The van der Waals surface area contributed by atoms with Gasteiger partial charge in [-0.2, -0.15) is 0 Å². The molecule has 22 heavy (non-hydrogen) atoms. The van der Waals surface area contributed by atoms with E-state index in [1.807, 2.05) is 6.92 Å². The van der Waals surface area contributed by atoms with E-state index >= 15 is 0 Å². The second kappa shape index (κ2) is 7.77. The van der Waals surface area contributed by atoms with Gasteiger partial charge in [-0.05, 0) is 51.5 Å². The Hall–Kier alpha value is -1.35. The average molecular weight is 304 g/mol. The lowest BCUT2D eigenvalue weighted by Gasteiger charge is -2.33. The van der Waals surface area contributed by atoms with Crippen molar-refractivity contribution in [1.82, 2.24) is 0 Å². The van der Waals surface area contributed by atoms with Gasteiger partial charge in [-0.1, -0.05) is 36.8 Å². The Morgan fingerprint density at radius 1 is 1.27 bits per heavy atom. The van der Waals surface area contributed by atoms with Crippen LogP contribution in [0.15, 0.2) is 24.3 Å². The standard InChI is InChI=1S/C19H28O3/c1-4-13-22-17-7-6-12-19(17,18(20)21-5-2)14-16-10-8-15(3)9-11-16/h8-11,17H,4-7,12-14H2,1-3H3. The summed E-state index contributed by atoms with van der Waals surface area (Å²) in [6, 6.07) is 8.44. The van der Waals surface area contributed by atoms with E-state index in [2.05, 4.69) is 38.1 Å². The number of hydrogen-bond donors (Lipinski definition) is 0. The molecule has 0 radical (unpaired) electrons. The number of rotatable bonds is 7. The first kappa shape index (κ1) is 17.0. The molecule has 0 N–H and O–H groups in total. The maximum atomic E-state index is 12.7. The zero-order valence-electron chi connectivity index (χ0n) is 14.1. The van der Waals surface area contributed by atoms with Crippen molar-refractivity contribution in [3.63, 3.8) is 0 Å². The third kappa shape index (κ3) is 3.70. The summed E-state index contributed by atoms with van der Waals surface area (Å²) in [5, 5.41) is 0. The van der Waals surface area contributed by atoms with Gasteiger partial charge in [-0.15, -0.1) is 0 Å². The van der Waals surface area contributed by atoms with Gasteiger partial charge in [0.1, 0.15) is 0 Å². The van der Waals surface area contributed by atoms with E-state index in [4.69, 9.17) is 9.47 Å². The van der Waals surface area contributed by atoms with Crippen molar-refractivity contribution in [1.29, 1.82) is 0 Å². The molecule has 0 bridgehead atoms. The number of carbonyl (C=O) groups excluding carboxylic acids is 1. The highest BCUT2D eigenvalue weighted by atomic mass is 16.5. The van der Waals surface area contributed by atoms with Crippen LogP contribution in [-0.4, -0.2) is 25.3 Å². The zero-order valence-corrected chi connectivity index (χ0v) is 14.1. The monoisotopic (exact) mass is 304 g/mol. The van der Waals surface area contributed by atoms with Crippen molar-refractivity contribution in [3.05, 3.63) is 35.4 Å². The summed E-state index contributed by atoms with van der Waals surface area (Å²) in [5.74, 6) is -0.0887.